The van der Waals surface area contributed by atoms with E-state index >= 15 is 0 Å². The summed E-state index contributed by atoms with van der Waals surface area (Å²) in [5, 5.41) is 0. The average Bonchev–Trinajstić information content (AvgIpc) is 0.722. The van der Waals surface area contributed by atoms with Crippen LogP contribution in [0.2, 0.25) is 0 Å². The molecule has 0 radical (unpaired) electrons. The van der Waals surface area contributed by atoms with Crippen molar-refractivity contribution >= 4 is 86.0 Å². The molecule has 0 N–H and O–H groups in total. The van der Waals surface area contributed by atoms with Crippen molar-refractivity contribution in [2.75, 3.05) is 0 Å². The summed E-state index contributed by atoms with van der Waals surface area (Å²) in [6, 6.07) is 0. The predicted molar refractivity (Wildman–Crippen MR) is 24.9 cm³/mol. The SMILES string of the molecule is O=P([O-])([O-])[O-].[Al+3].[Ca+2].[Mg+2]. The second-order valence-electron chi connectivity index (χ2n) is 0.447. The molecular weight excluding hydrogens is 186 g/mol. The molecule has 0 rings (SSSR count). The zero-order valence-electron chi connectivity index (χ0n) is 4.07. The third-order valence-electron chi connectivity index (χ3n) is 0. The number of hydrogen-bond acceptors (Lipinski definition) is 4. The number of phosphoric acid groups is 1. The third kappa shape index (κ3) is 71.6. The Morgan fingerprint density at radius 2 is 1.12 bits per heavy atom. The van der Waals surface area contributed by atoms with Gasteiger partial charge in [-0.1, -0.05) is 0 Å². The summed E-state index contributed by atoms with van der Waals surface area (Å²) >= 11 is 0. The molecule has 32 valence electrons. The second kappa shape index (κ2) is 9.67. The van der Waals surface area contributed by atoms with Crippen LogP contribution >= 0.6 is 7.82 Å². The van der Waals surface area contributed by atoms with Gasteiger partial charge in [-0.25, -0.2) is 0 Å². The molecule has 0 aromatic heterocycles. The van der Waals surface area contributed by atoms with Crippen molar-refractivity contribution in [3.63, 3.8) is 0 Å². The van der Waals surface area contributed by atoms with Crippen molar-refractivity contribution < 1.29 is 19.2 Å². The van der Waals surface area contributed by atoms with Gasteiger partial charge in [0.15, 0.2) is 0 Å². The van der Waals surface area contributed by atoms with Gasteiger partial charge in [0.2, 0.25) is 0 Å². The monoisotopic (exact) mass is 186 g/mol. The van der Waals surface area contributed by atoms with Crippen LogP contribution in [0, 0.1) is 0 Å². The molecule has 0 aromatic rings. The van der Waals surface area contributed by atoms with Gasteiger partial charge in [0, 0.05) is 0 Å². The van der Waals surface area contributed by atoms with Crippen LogP contribution in [0.15, 0.2) is 0 Å². The van der Waals surface area contributed by atoms with E-state index in [0.717, 1.165) is 0 Å². The molecule has 0 saturated carbocycles. The maximum Gasteiger partial charge on any atom is 3.00 e. The van der Waals surface area contributed by atoms with Gasteiger partial charge < -0.3 is 19.2 Å². The van der Waals surface area contributed by atoms with Crippen molar-refractivity contribution in [2.24, 2.45) is 0 Å². The van der Waals surface area contributed by atoms with E-state index in [9.17, 15) is 0 Å². The molecule has 0 atom stereocenters. The Labute approximate surface area is 104 Å². The zero-order chi connectivity index (χ0) is 4.50. The Kier molecular flexibility index (Phi) is 27.1. The molecule has 0 unspecified atom stereocenters. The fourth-order valence-corrected chi connectivity index (χ4v) is 0. The number of hydrogen-bond donors (Lipinski definition) is 0. The summed E-state index contributed by atoms with van der Waals surface area (Å²) in [6.45, 7) is 0. The van der Waals surface area contributed by atoms with Gasteiger partial charge in [0.1, 0.15) is 0 Å². The molecule has 0 aliphatic rings. The van der Waals surface area contributed by atoms with Gasteiger partial charge >= 0.3 is 78.2 Å². The Morgan fingerprint density at radius 3 is 1.12 bits per heavy atom. The largest absolute Gasteiger partial charge is 3.00 e. The van der Waals surface area contributed by atoms with Crippen LogP contribution in [-0.4, -0.2) is 78.2 Å². The topological polar surface area (TPSA) is 86.2 Å². The molecule has 0 heterocycles. The standard InChI is InChI=1S/Al.Ca.Mg.H3O4P/c;;;1-5(2,3)4/h;;;(H3,1,2,3,4)/q+3;2*+2;/p-3. The first-order valence-electron chi connectivity index (χ1n) is 0.730. The summed E-state index contributed by atoms with van der Waals surface area (Å²) < 4.78 is 8.55. The fourth-order valence-electron chi connectivity index (χ4n) is 0. The van der Waals surface area contributed by atoms with E-state index in [-0.39, 0.29) is 78.2 Å². The maximum absolute atomic E-state index is 8.55. The van der Waals surface area contributed by atoms with Crippen molar-refractivity contribution in [1.29, 1.82) is 0 Å². The summed E-state index contributed by atoms with van der Waals surface area (Å²) in [5.41, 5.74) is 0. The van der Waals surface area contributed by atoms with Gasteiger partial charge in [0.25, 0.3) is 0 Å². The Hall–Kier alpha value is 2.67. The minimum absolute atomic E-state index is 0. The van der Waals surface area contributed by atoms with Crippen molar-refractivity contribution in [3.8, 4) is 0 Å². The summed E-state index contributed by atoms with van der Waals surface area (Å²) in [6.07, 6.45) is 0. The van der Waals surface area contributed by atoms with Crippen LogP contribution in [0.25, 0.3) is 0 Å². The zero-order valence-corrected chi connectivity index (χ0v) is 9.74. The fraction of sp³-hybridized carbons (Fsp3) is 0. The first-order valence-corrected chi connectivity index (χ1v) is 2.19. The molecule has 0 amide bonds. The minimum atomic E-state index is -5.39. The molecule has 0 aromatic carbocycles. The molecule has 0 bridgehead atoms. The summed E-state index contributed by atoms with van der Waals surface area (Å²) in [5.74, 6) is 0. The van der Waals surface area contributed by atoms with Gasteiger partial charge in [0.05, 0.1) is 0 Å². The van der Waals surface area contributed by atoms with Gasteiger partial charge in [-0.2, -0.15) is 7.82 Å². The van der Waals surface area contributed by atoms with Crippen molar-refractivity contribution in [3.05, 3.63) is 0 Å². The van der Waals surface area contributed by atoms with Crippen molar-refractivity contribution in [2.45, 2.75) is 0 Å². The Morgan fingerprint density at radius 1 is 1.12 bits per heavy atom. The molecular formula is AlCaMgO4P+4. The number of rotatable bonds is 0. The quantitative estimate of drug-likeness (QED) is 0.285. The van der Waals surface area contributed by atoms with Crippen LogP contribution in [0.3, 0.4) is 0 Å². The molecule has 8 heavy (non-hydrogen) atoms. The minimum Gasteiger partial charge on any atom is -0.822 e. The van der Waals surface area contributed by atoms with Gasteiger partial charge in [-0.15, -0.1) is 0 Å². The van der Waals surface area contributed by atoms with E-state index in [1.165, 1.54) is 0 Å². The second-order valence-corrected chi connectivity index (χ2v) is 1.34. The first kappa shape index (κ1) is 22.4. The van der Waals surface area contributed by atoms with Crippen LogP contribution in [0.5, 0.6) is 0 Å². The van der Waals surface area contributed by atoms with E-state index < -0.39 is 7.82 Å². The van der Waals surface area contributed by atoms with Gasteiger partial charge in [-0.3, -0.25) is 0 Å². The first-order chi connectivity index (χ1) is 2.00. The Bertz CT molecular complexity index is 62.2. The Balaban J connectivity index is -0.0000000267. The predicted octanol–water partition coefficient (Wildman–Crippen LogP) is -3.97. The summed E-state index contributed by atoms with van der Waals surface area (Å²) in [7, 11) is -5.39. The molecule has 0 fully saturated rings. The normalized spacial score (nSPS) is 7.38. The van der Waals surface area contributed by atoms with Gasteiger partial charge in [-0.05, 0) is 0 Å². The summed E-state index contributed by atoms with van der Waals surface area (Å²) in [4.78, 5) is 25.6. The molecule has 0 aliphatic carbocycles. The van der Waals surface area contributed by atoms with E-state index in [1.54, 1.807) is 0 Å². The maximum atomic E-state index is 8.55. The molecule has 0 aliphatic heterocycles. The van der Waals surface area contributed by atoms with E-state index in [0.29, 0.717) is 0 Å². The molecule has 4 nitrogen and oxygen atoms in total. The molecule has 8 heteroatoms. The van der Waals surface area contributed by atoms with E-state index in [1.807, 2.05) is 0 Å². The molecule has 0 saturated heterocycles. The van der Waals surface area contributed by atoms with Crippen LogP contribution in [0.1, 0.15) is 0 Å². The van der Waals surface area contributed by atoms with E-state index in [2.05, 4.69) is 0 Å². The van der Waals surface area contributed by atoms with Crippen LogP contribution in [-0.2, 0) is 4.57 Å². The van der Waals surface area contributed by atoms with E-state index in [4.69, 9.17) is 19.2 Å². The van der Waals surface area contributed by atoms with Crippen LogP contribution < -0.4 is 14.7 Å². The molecule has 0 spiro atoms. The third-order valence-corrected chi connectivity index (χ3v) is 0. The van der Waals surface area contributed by atoms with Crippen LogP contribution in [0.4, 0.5) is 0 Å². The average molecular weight is 186 g/mol. The van der Waals surface area contributed by atoms with Crippen molar-refractivity contribution in [1.82, 2.24) is 0 Å². The smallest absolute Gasteiger partial charge is 0.822 e.